The monoisotopic (exact) mass is 338 g/mol. The number of rotatable bonds is 3. The summed E-state index contributed by atoms with van der Waals surface area (Å²) < 4.78 is 8.38. The zero-order valence-electron chi connectivity index (χ0n) is 14.5. The number of aryl methyl sites for hydroxylation is 1. The molecule has 5 rings (SSSR count). The van der Waals surface area contributed by atoms with Crippen molar-refractivity contribution in [3.63, 3.8) is 0 Å². The Hall–Kier alpha value is -3.33. The minimum absolute atomic E-state index is 0.864. The summed E-state index contributed by atoms with van der Waals surface area (Å²) in [5.41, 5.74) is 5.37. The first kappa shape index (κ1) is 15.0. The predicted molar refractivity (Wildman–Crippen MR) is 106 cm³/mol. The number of ether oxygens (including phenoxy) is 1. The van der Waals surface area contributed by atoms with E-state index >= 15 is 0 Å². The number of hydrogen-bond acceptors (Lipinski definition) is 2. The summed E-state index contributed by atoms with van der Waals surface area (Å²) in [6, 6.07) is 22.6. The van der Waals surface area contributed by atoms with E-state index in [1.807, 2.05) is 42.5 Å². The van der Waals surface area contributed by atoms with Gasteiger partial charge in [0.05, 0.1) is 5.69 Å². The highest BCUT2D eigenvalue weighted by molar-refractivity contribution is 5.95. The fraction of sp³-hybridized carbons (Fsp3) is 0.0870. The Kier molecular flexibility index (Phi) is 3.39. The summed E-state index contributed by atoms with van der Waals surface area (Å²) in [5.74, 6) is 2.79. The Morgan fingerprint density at radius 1 is 0.885 bits per heavy atom. The first-order chi connectivity index (χ1) is 12.8. The third-order valence-corrected chi connectivity index (χ3v) is 4.77. The van der Waals surface area contributed by atoms with Gasteiger partial charge in [0.25, 0.3) is 0 Å². The SMILES string of the molecule is CCc1nc2c(/C=C/c3ccccc3)ccc3c2n1-c1ccccc1O3. The van der Waals surface area contributed by atoms with E-state index in [-0.39, 0.29) is 0 Å². The standard InChI is InChI=1S/C23H18N2O/c1-2-21-24-22-17(13-12-16-8-4-3-5-9-16)14-15-20-23(22)25(21)18-10-6-7-11-19(18)26-20/h3-15H,2H2,1H3/b13-12+. The number of nitrogens with zero attached hydrogens (tertiary/aromatic N) is 2. The molecule has 0 unspecified atom stereocenters. The number of benzene rings is 3. The fourth-order valence-electron chi connectivity index (χ4n) is 3.53. The van der Waals surface area contributed by atoms with Gasteiger partial charge in [-0.25, -0.2) is 4.98 Å². The molecule has 0 saturated heterocycles. The maximum absolute atomic E-state index is 6.14. The van der Waals surface area contributed by atoms with Crippen molar-refractivity contribution in [1.29, 1.82) is 0 Å². The van der Waals surface area contributed by atoms with Gasteiger partial charge in [-0.2, -0.15) is 0 Å². The number of para-hydroxylation sites is 2. The molecule has 3 aromatic carbocycles. The van der Waals surface area contributed by atoms with Gasteiger partial charge in [-0.05, 0) is 29.8 Å². The maximum atomic E-state index is 6.14. The summed E-state index contributed by atoms with van der Waals surface area (Å²) in [4.78, 5) is 4.95. The lowest BCUT2D eigenvalue weighted by molar-refractivity contribution is 0.474. The van der Waals surface area contributed by atoms with Gasteiger partial charge in [0.15, 0.2) is 11.5 Å². The van der Waals surface area contributed by atoms with Crippen molar-refractivity contribution in [3.8, 4) is 17.2 Å². The molecule has 0 aliphatic carbocycles. The van der Waals surface area contributed by atoms with Gasteiger partial charge in [-0.3, -0.25) is 4.57 Å². The molecule has 2 heterocycles. The van der Waals surface area contributed by atoms with E-state index in [1.165, 1.54) is 5.56 Å². The molecule has 0 radical (unpaired) electrons. The zero-order valence-corrected chi connectivity index (χ0v) is 14.5. The largest absolute Gasteiger partial charge is 0.453 e. The van der Waals surface area contributed by atoms with Crippen molar-refractivity contribution in [1.82, 2.24) is 9.55 Å². The van der Waals surface area contributed by atoms with Crippen LogP contribution >= 0.6 is 0 Å². The number of fused-ring (bicyclic) bond motifs is 2. The average Bonchev–Trinajstić information content (AvgIpc) is 3.09. The molecule has 1 aliphatic heterocycles. The van der Waals surface area contributed by atoms with Crippen LogP contribution in [0.3, 0.4) is 0 Å². The summed E-state index contributed by atoms with van der Waals surface area (Å²) >= 11 is 0. The van der Waals surface area contributed by atoms with E-state index in [1.54, 1.807) is 0 Å². The van der Waals surface area contributed by atoms with Crippen LogP contribution in [0, 0.1) is 0 Å². The molecule has 4 aromatic rings. The topological polar surface area (TPSA) is 27.1 Å². The van der Waals surface area contributed by atoms with Crippen LogP contribution in [0.5, 0.6) is 11.5 Å². The van der Waals surface area contributed by atoms with E-state index in [2.05, 4.69) is 47.9 Å². The smallest absolute Gasteiger partial charge is 0.153 e. The van der Waals surface area contributed by atoms with Crippen LogP contribution in [-0.2, 0) is 6.42 Å². The van der Waals surface area contributed by atoms with Crippen molar-refractivity contribution in [2.45, 2.75) is 13.3 Å². The average molecular weight is 338 g/mol. The Labute approximate surface area is 152 Å². The highest BCUT2D eigenvalue weighted by atomic mass is 16.5. The van der Waals surface area contributed by atoms with Gasteiger partial charge < -0.3 is 4.74 Å². The molecule has 1 aromatic heterocycles. The lowest BCUT2D eigenvalue weighted by Gasteiger charge is -2.20. The molecule has 1 aliphatic rings. The Balaban J connectivity index is 1.73. The molecule has 0 spiro atoms. The predicted octanol–water partition coefficient (Wildman–Crippen LogP) is 5.86. The van der Waals surface area contributed by atoms with Gasteiger partial charge in [0, 0.05) is 12.0 Å². The third-order valence-electron chi connectivity index (χ3n) is 4.77. The van der Waals surface area contributed by atoms with Crippen LogP contribution in [-0.4, -0.2) is 9.55 Å². The molecule has 126 valence electrons. The molecule has 3 nitrogen and oxygen atoms in total. The molecule has 0 fully saturated rings. The number of aromatic nitrogens is 2. The van der Waals surface area contributed by atoms with Crippen LogP contribution in [0.15, 0.2) is 66.7 Å². The molecule has 0 bridgehead atoms. The van der Waals surface area contributed by atoms with E-state index < -0.39 is 0 Å². The van der Waals surface area contributed by atoms with Crippen molar-refractivity contribution in [3.05, 3.63) is 83.7 Å². The van der Waals surface area contributed by atoms with Crippen LogP contribution < -0.4 is 4.74 Å². The summed E-state index contributed by atoms with van der Waals surface area (Å²) in [7, 11) is 0. The summed E-state index contributed by atoms with van der Waals surface area (Å²) in [6.45, 7) is 2.14. The minimum atomic E-state index is 0.864. The van der Waals surface area contributed by atoms with Gasteiger partial charge in [0.1, 0.15) is 16.9 Å². The molecule has 0 amide bonds. The quantitative estimate of drug-likeness (QED) is 0.385. The highest BCUT2D eigenvalue weighted by Crippen LogP contribution is 2.42. The maximum Gasteiger partial charge on any atom is 0.153 e. The molecule has 0 saturated carbocycles. The van der Waals surface area contributed by atoms with Crippen LogP contribution in [0.25, 0.3) is 28.9 Å². The lowest BCUT2D eigenvalue weighted by atomic mass is 10.1. The summed E-state index contributed by atoms with van der Waals surface area (Å²) in [5, 5.41) is 0. The normalized spacial score (nSPS) is 12.3. The van der Waals surface area contributed by atoms with Crippen LogP contribution in [0.1, 0.15) is 23.9 Å². The van der Waals surface area contributed by atoms with Crippen molar-refractivity contribution >= 4 is 23.2 Å². The van der Waals surface area contributed by atoms with Crippen LogP contribution in [0.2, 0.25) is 0 Å². The van der Waals surface area contributed by atoms with Gasteiger partial charge in [0.2, 0.25) is 0 Å². The second-order valence-corrected chi connectivity index (χ2v) is 6.38. The third kappa shape index (κ3) is 2.25. The van der Waals surface area contributed by atoms with Crippen molar-refractivity contribution in [2.75, 3.05) is 0 Å². The number of hydrogen-bond donors (Lipinski definition) is 0. The van der Waals surface area contributed by atoms with Gasteiger partial charge in [-0.15, -0.1) is 0 Å². The van der Waals surface area contributed by atoms with E-state index in [0.717, 1.165) is 46.0 Å². The first-order valence-corrected chi connectivity index (χ1v) is 8.90. The van der Waals surface area contributed by atoms with E-state index in [4.69, 9.17) is 9.72 Å². The first-order valence-electron chi connectivity index (χ1n) is 8.90. The Morgan fingerprint density at radius 2 is 1.69 bits per heavy atom. The Bertz CT molecular complexity index is 1140. The van der Waals surface area contributed by atoms with Gasteiger partial charge in [-0.1, -0.05) is 61.5 Å². The van der Waals surface area contributed by atoms with E-state index in [9.17, 15) is 0 Å². The Morgan fingerprint density at radius 3 is 2.54 bits per heavy atom. The number of imidazole rings is 1. The second kappa shape index (κ2) is 5.88. The van der Waals surface area contributed by atoms with E-state index in [0.29, 0.717) is 0 Å². The lowest BCUT2D eigenvalue weighted by Crippen LogP contribution is -2.06. The van der Waals surface area contributed by atoms with Crippen molar-refractivity contribution < 1.29 is 4.74 Å². The zero-order chi connectivity index (χ0) is 17.5. The van der Waals surface area contributed by atoms with Gasteiger partial charge >= 0.3 is 0 Å². The molecular weight excluding hydrogens is 320 g/mol. The van der Waals surface area contributed by atoms with Crippen LogP contribution in [0.4, 0.5) is 0 Å². The van der Waals surface area contributed by atoms with Crippen molar-refractivity contribution in [2.24, 2.45) is 0 Å². The summed E-state index contributed by atoms with van der Waals surface area (Å²) in [6.07, 6.45) is 5.12. The molecule has 0 atom stereocenters. The molecule has 3 heteroatoms. The molecule has 26 heavy (non-hydrogen) atoms. The fourth-order valence-corrected chi connectivity index (χ4v) is 3.53. The second-order valence-electron chi connectivity index (χ2n) is 6.38. The molecule has 0 N–H and O–H groups in total. The highest BCUT2D eigenvalue weighted by Gasteiger charge is 2.24. The molecular formula is C23H18N2O. The minimum Gasteiger partial charge on any atom is -0.453 e.